The van der Waals surface area contributed by atoms with Crippen LogP contribution in [0.2, 0.25) is 0 Å². The van der Waals surface area contributed by atoms with E-state index in [0.717, 1.165) is 28.1 Å². The monoisotopic (exact) mass is 343 g/mol. The Labute approximate surface area is 143 Å². The fraction of sp³-hybridized carbons (Fsp3) is 0.471. The van der Waals surface area contributed by atoms with Crippen molar-refractivity contribution in [3.63, 3.8) is 0 Å². The van der Waals surface area contributed by atoms with E-state index in [9.17, 15) is 4.79 Å². The minimum Gasteiger partial charge on any atom is -0.321 e. The second kappa shape index (κ2) is 6.14. The third-order valence-electron chi connectivity index (χ3n) is 4.91. The zero-order valence-corrected chi connectivity index (χ0v) is 14.4. The third-order valence-corrected chi connectivity index (χ3v) is 6.07. The van der Waals surface area contributed by atoms with Crippen molar-refractivity contribution in [2.45, 2.75) is 45.1 Å². The Morgan fingerprint density at radius 1 is 1.42 bits per heavy atom. The first-order valence-electron chi connectivity index (χ1n) is 8.41. The summed E-state index contributed by atoms with van der Waals surface area (Å²) in [4.78, 5) is 21.0. The van der Waals surface area contributed by atoms with Crippen molar-refractivity contribution in [3.05, 3.63) is 34.1 Å². The van der Waals surface area contributed by atoms with E-state index < -0.39 is 0 Å². The highest BCUT2D eigenvalue weighted by Gasteiger charge is 2.21. The quantitative estimate of drug-likeness (QED) is 0.677. The molecule has 1 aliphatic carbocycles. The molecule has 0 spiro atoms. The summed E-state index contributed by atoms with van der Waals surface area (Å²) in [6.45, 7) is 1.97. The van der Waals surface area contributed by atoms with Gasteiger partial charge in [-0.05, 0) is 25.3 Å². The maximum absolute atomic E-state index is 12.4. The molecule has 24 heavy (non-hydrogen) atoms. The number of aryl methyl sites for hydroxylation is 1. The molecule has 0 aromatic carbocycles. The first kappa shape index (κ1) is 15.5. The number of rotatable bonds is 4. The molecule has 1 aliphatic rings. The van der Waals surface area contributed by atoms with Gasteiger partial charge in [0.1, 0.15) is 10.5 Å². The molecule has 0 saturated heterocycles. The molecule has 4 N–H and O–H groups in total. The van der Waals surface area contributed by atoms with Crippen LogP contribution >= 0.6 is 11.3 Å². The van der Waals surface area contributed by atoms with E-state index in [1.807, 2.05) is 13.0 Å². The molecule has 3 aromatic heterocycles. The van der Waals surface area contributed by atoms with Gasteiger partial charge in [0, 0.05) is 16.1 Å². The molecule has 1 saturated carbocycles. The highest BCUT2D eigenvalue weighted by atomic mass is 32.1. The van der Waals surface area contributed by atoms with E-state index in [4.69, 9.17) is 5.73 Å². The largest absolute Gasteiger partial charge is 0.321 e. The maximum atomic E-state index is 12.4. The van der Waals surface area contributed by atoms with Crippen LogP contribution in [0.4, 0.5) is 0 Å². The van der Waals surface area contributed by atoms with E-state index in [1.165, 1.54) is 37.0 Å². The summed E-state index contributed by atoms with van der Waals surface area (Å²) in [5, 5.41) is 6.98. The molecular weight excluding hydrogens is 322 g/mol. The number of nitrogens with two attached hydrogens (primary N) is 1. The van der Waals surface area contributed by atoms with Crippen LogP contribution in [0.5, 0.6) is 0 Å². The molecule has 4 rings (SSSR count). The van der Waals surface area contributed by atoms with Gasteiger partial charge in [-0.15, -0.1) is 11.3 Å². The minimum atomic E-state index is -0.204. The van der Waals surface area contributed by atoms with Gasteiger partial charge in [-0.3, -0.25) is 9.89 Å². The molecule has 0 amide bonds. The van der Waals surface area contributed by atoms with Crippen LogP contribution in [-0.2, 0) is 0 Å². The van der Waals surface area contributed by atoms with Gasteiger partial charge in [0.25, 0.3) is 5.56 Å². The van der Waals surface area contributed by atoms with Crippen LogP contribution in [0.3, 0.4) is 0 Å². The number of fused-ring (bicyclic) bond motifs is 1. The predicted molar refractivity (Wildman–Crippen MR) is 96.1 cm³/mol. The number of H-pyrrole nitrogens is 2. The second-order valence-electron chi connectivity index (χ2n) is 6.68. The topological polar surface area (TPSA) is 100 Å². The molecule has 1 atom stereocenters. The number of nitrogens with one attached hydrogen (secondary N) is 2. The second-order valence-corrected chi connectivity index (χ2v) is 7.73. The summed E-state index contributed by atoms with van der Waals surface area (Å²) in [6, 6.07) is 1.75. The van der Waals surface area contributed by atoms with E-state index in [1.54, 1.807) is 6.20 Å². The van der Waals surface area contributed by atoms with Gasteiger partial charge < -0.3 is 10.7 Å². The lowest BCUT2D eigenvalue weighted by Crippen LogP contribution is -2.21. The van der Waals surface area contributed by atoms with Gasteiger partial charge in [-0.1, -0.05) is 25.7 Å². The molecule has 3 aromatic rings. The lowest BCUT2D eigenvalue weighted by molar-refractivity contribution is 0.440. The predicted octanol–water partition coefficient (Wildman–Crippen LogP) is 3.26. The van der Waals surface area contributed by atoms with Crippen molar-refractivity contribution in [3.8, 4) is 10.4 Å². The van der Waals surface area contributed by atoms with Gasteiger partial charge in [-0.25, -0.2) is 4.98 Å². The number of aromatic nitrogens is 4. The number of nitrogens with zero attached hydrogens (tertiary/aromatic N) is 2. The summed E-state index contributed by atoms with van der Waals surface area (Å²) in [5.41, 5.74) is 8.92. The summed E-state index contributed by atoms with van der Waals surface area (Å²) in [5.74, 6) is 1.26. The van der Waals surface area contributed by atoms with E-state index >= 15 is 0 Å². The highest BCUT2D eigenvalue weighted by molar-refractivity contribution is 7.22. The van der Waals surface area contributed by atoms with Crippen molar-refractivity contribution < 1.29 is 0 Å². The molecule has 0 aliphatic heterocycles. The normalized spacial score (nSPS) is 16.9. The SMILES string of the molecule is Cc1[nH]ncc1-c1cc2nc([C@@H](N)CC3CCCC3)[nH]c(=O)c2s1. The Morgan fingerprint density at radius 2 is 2.21 bits per heavy atom. The van der Waals surface area contributed by atoms with Crippen molar-refractivity contribution in [2.24, 2.45) is 11.7 Å². The minimum absolute atomic E-state index is 0.103. The van der Waals surface area contributed by atoms with Crippen LogP contribution in [0.25, 0.3) is 20.7 Å². The van der Waals surface area contributed by atoms with Gasteiger partial charge in [-0.2, -0.15) is 5.10 Å². The van der Waals surface area contributed by atoms with Crippen LogP contribution in [0, 0.1) is 12.8 Å². The first-order valence-corrected chi connectivity index (χ1v) is 9.23. The molecule has 7 heteroatoms. The Bertz CT molecular complexity index is 919. The third kappa shape index (κ3) is 2.78. The van der Waals surface area contributed by atoms with Gasteiger partial charge in [0.15, 0.2) is 0 Å². The van der Waals surface area contributed by atoms with Crippen molar-refractivity contribution in [1.82, 2.24) is 20.2 Å². The Kier molecular flexibility index (Phi) is 3.97. The van der Waals surface area contributed by atoms with Crippen molar-refractivity contribution >= 4 is 21.6 Å². The molecule has 0 radical (unpaired) electrons. The fourth-order valence-corrected chi connectivity index (χ4v) is 4.64. The Morgan fingerprint density at radius 3 is 2.92 bits per heavy atom. The molecular formula is C17H21N5OS. The van der Waals surface area contributed by atoms with E-state index in [2.05, 4.69) is 20.2 Å². The average molecular weight is 343 g/mol. The van der Waals surface area contributed by atoms with Gasteiger partial charge in [0.05, 0.1) is 17.8 Å². The molecule has 126 valence electrons. The number of hydrogen-bond donors (Lipinski definition) is 3. The van der Waals surface area contributed by atoms with E-state index in [-0.39, 0.29) is 11.6 Å². The molecule has 1 fully saturated rings. The lowest BCUT2D eigenvalue weighted by Gasteiger charge is -2.15. The lowest BCUT2D eigenvalue weighted by atomic mass is 9.98. The maximum Gasteiger partial charge on any atom is 0.268 e. The number of thiophene rings is 1. The zero-order chi connectivity index (χ0) is 16.7. The fourth-order valence-electron chi connectivity index (χ4n) is 3.58. The first-order chi connectivity index (χ1) is 11.6. The van der Waals surface area contributed by atoms with Crippen LogP contribution < -0.4 is 11.3 Å². The van der Waals surface area contributed by atoms with E-state index in [0.29, 0.717) is 16.4 Å². The zero-order valence-electron chi connectivity index (χ0n) is 13.6. The average Bonchev–Trinajstić information content (AvgIpc) is 3.27. The van der Waals surface area contributed by atoms with Crippen molar-refractivity contribution in [2.75, 3.05) is 0 Å². The molecule has 3 heterocycles. The van der Waals surface area contributed by atoms with Crippen LogP contribution in [0.15, 0.2) is 17.1 Å². The van der Waals surface area contributed by atoms with Gasteiger partial charge in [0.2, 0.25) is 0 Å². The highest BCUT2D eigenvalue weighted by Crippen LogP contribution is 2.34. The van der Waals surface area contributed by atoms with Crippen molar-refractivity contribution in [1.29, 1.82) is 0 Å². The number of hydrogen-bond acceptors (Lipinski definition) is 5. The summed E-state index contributed by atoms with van der Waals surface area (Å²) >= 11 is 1.44. The standard InChI is InChI=1S/C17H21N5OS/c1-9-11(8-19-22-9)14-7-13-15(24-14)17(23)21-16(20-13)12(18)6-10-4-2-3-5-10/h7-8,10,12H,2-6,18H2,1H3,(H,19,22)(H,20,21,23)/t12-/m0/s1. The summed E-state index contributed by atoms with van der Waals surface area (Å²) < 4.78 is 0.641. The smallest absolute Gasteiger partial charge is 0.268 e. The molecule has 0 bridgehead atoms. The van der Waals surface area contributed by atoms with Gasteiger partial charge >= 0.3 is 0 Å². The summed E-state index contributed by atoms with van der Waals surface area (Å²) in [6.07, 6.45) is 7.73. The summed E-state index contributed by atoms with van der Waals surface area (Å²) in [7, 11) is 0. The molecule has 0 unspecified atom stereocenters. The Balaban J connectivity index is 1.68. The van der Waals surface area contributed by atoms with Crippen LogP contribution in [0.1, 0.15) is 49.7 Å². The van der Waals surface area contributed by atoms with Crippen LogP contribution in [-0.4, -0.2) is 20.2 Å². The Hall–Kier alpha value is -1.99. The number of aromatic amines is 2. The molecule has 6 nitrogen and oxygen atoms in total.